The zero-order valence-corrected chi connectivity index (χ0v) is 11.7. The van der Waals surface area contributed by atoms with Crippen LogP contribution in [0.5, 0.6) is 5.75 Å². The van der Waals surface area contributed by atoms with E-state index in [-0.39, 0.29) is 5.56 Å². The second-order valence-electron chi connectivity index (χ2n) is 5.35. The Morgan fingerprint density at radius 3 is 2.86 bits per heavy atom. The number of hydrogen-bond acceptors (Lipinski definition) is 4. The van der Waals surface area contributed by atoms with Crippen molar-refractivity contribution < 1.29 is 4.74 Å². The van der Waals surface area contributed by atoms with Gasteiger partial charge >= 0.3 is 0 Å². The fraction of sp³-hybridized carbons (Fsp3) is 0.188. The second-order valence-corrected chi connectivity index (χ2v) is 5.35. The molecule has 0 radical (unpaired) electrons. The predicted molar refractivity (Wildman–Crippen MR) is 77.7 cm³/mol. The fourth-order valence-electron chi connectivity index (χ4n) is 2.34. The lowest BCUT2D eigenvalue weighted by Crippen LogP contribution is -2.32. The van der Waals surface area contributed by atoms with E-state index in [1.165, 1.54) is 23.2 Å². The summed E-state index contributed by atoms with van der Waals surface area (Å²) in [6.07, 6.45) is 4.79. The fourth-order valence-corrected chi connectivity index (χ4v) is 2.34. The molecular formula is C16H13N3O2. The Labute approximate surface area is 121 Å². The summed E-state index contributed by atoms with van der Waals surface area (Å²) in [5.74, 6) is 0.646. The van der Waals surface area contributed by atoms with Crippen molar-refractivity contribution in [3.05, 3.63) is 64.3 Å². The van der Waals surface area contributed by atoms with Crippen molar-refractivity contribution >= 4 is 5.70 Å². The van der Waals surface area contributed by atoms with Crippen LogP contribution < -0.4 is 10.3 Å². The lowest BCUT2D eigenvalue weighted by Gasteiger charge is -2.31. The van der Waals surface area contributed by atoms with Crippen LogP contribution in [-0.2, 0) is 0 Å². The zero-order chi connectivity index (χ0) is 15.0. The monoisotopic (exact) mass is 279 g/mol. The Hall–Kier alpha value is -2.87. The van der Waals surface area contributed by atoms with Crippen molar-refractivity contribution in [2.24, 2.45) is 0 Å². The number of rotatable bonds is 1. The quantitative estimate of drug-likeness (QED) is 0.802. The van der Waals surface area contributed by atoms with Gasteiger partial charge in [-0.25, -0.2) is 4.98 Å². The molecule has 1 aromatic carbocycles. The molecule has 5 nitrogen and oxygen atoms in total. The summed E-state index contributed by atoms with van der Waals surface area (Å²) in [6.45, 7) is 3.82. The van der Waals surface area contributed by atoms with Crippen LogP contribution in [0.25, 0.3) is 5.70 Å². The van der Waals surface area contributed by atoms with Crippen molar-refractivity contribution in [1.29, 1.82) is 5.26 Å². The van der Waals surface area contributed by atoms with Gasteiger partial charge < -0.3 is 4.74 Å². The summed E-state index contributed by atoms with van der Waals surface area (Å²) in [7, 11) is 0. The number of fused-ring (bicyclic) bond motifs is 1. The van der Waals surface area contributed by atoms with Crippen LogP contribution in [0, 0.1) is 11.3 Å². The lowest BCUT2D eigenvalue weighted by atomic mass is 9.97. The first kappa shape index (κ1) is 13.1. The maximum Gasteiger partial charge on any atom is 0.257 e. The average Bonchev–Trinajstić information content (AvgIpc) is 2.46. The summed E-state index contributed by atoms with van der Waals surface area (Å²) in [5.41, 5.74) is 1.17. The highest BCUT2D eigenvalue weighted by atomic mass is 16.5. The van der Waals surface area contributed by atoms with E-state index in [0.29, 0.717) is 22.6 Å². The van der Waals surface area contributed by atoms with Crippen molar-refractivity contribution in [2.75, 3.05) is 0 Å². The highest BCUT2D eigenvalue weighted by Crippen LogP contribution is 2.36. The van der Waals surface area contributed by atoms with E-state index in [9.17, 15) is 4.79 Å². The molecule has 0 unspecified atom stereocenters. The van der Waals surface area contributed by atoms with Gasteiger partial charge in [-0.2, -0.15) is 5.26 Å². The topological polar surface area (TPSA) is 67.9 Å². The molecule has 1 aliphatic heterocycles. The Morgan fingerprint density at radius 1 is 1.33 bits per heavy atom. The Morgan fingerprint density at radius 2 is 2.14 bits per heavy atom. The van der Waals surface area contributed by atoms with Crippen molar-refractivity contribution in [3.63, 3.8) is 0 Å². The second kappa shape index (κ2) is 4.60. The first-order valence-electron chi connectivity index (χ1n) is 6.50. The third kappa shape index (κ3) is 2.32. The molecule has 3 rings (SSSR count). The Bertz CT molecular complexity index is 841. The van der Waals surface area contributed by atoms with Gasteiger partial charge in [0.25, 0.3) is 5.56 Å². The van der Waals surface area contributed by atoms with Gasteiger partial charge in [-0.1, -0.05) is 0 Å². The molecule has 0 saturated carbocycles. The first-order valence-corrected chi connectivity index (χ1v) is 6.50. The summed E-state index contributed by atoms with van der Waals surface area (Å²) >= 11 is 0. The van der Waals surface area contributed by atoms with Crippen molar-refractivity contribution in [3.8, 4) is 11.8 Å². The molecule has 104 valence electrons. The number of nitriles is 1. The molecule has 0 N–H and O–H groups in total. The number of nitrogens with zero attached hydrogens (tertiary/aromatic N) is 3. The molecule has 0 amide bonds. The van der Waals surface area contributed by atoms with E-state index in [1.807, 2.05) is 19.9 Å². The van der Waals surface area contributed by atoms with E-state index in [1.54, 1.807) is 18.2 Å². The minimum absolute atomic E-state index is 0.178. The van der Waals surface area contributed by atoms with Gasteiger partial charge in [0, 0.05) is 17.8 Å². The smallest absolute Gasteiger partial charge is 0.257 e. The van der Waals surface area contributed by atoms with Gasteiger partial charge in [-0.3, -0.25) is 9.36 Å². The minimum atomic E-state index is -0.550. The summed E-state index contributed by atoms with van der Waals surface area (Å²) in [6, 6.07) is 8.67. The molecule has 1 aromatic heterocycles. The van der Waals surface area contributed by atoms with E-state index in [0.717, 1.165) is 0 Å². The highest BCUT2D eigenvalue weighted by Gasteiger charge is 2.28. The van der Waals surface area contributed by atoms with E-state index in [2.05, 4.69) is 11.1 Å². The Balaban J connectivity index is 2.29. The van der Waals surface area contributed by atoms with Crippen LogP contribution in [0.2, 0.25) is 0 Å². The molecule has 0 atom stereocenters. The average molecular weight is 279 g/mol. The van der Waals surface area contributed by atoms with Gasteiger partial charge in [-0.05, 0) is 38.1 Å². The number of ether oxygens (including phenoxy) is 1. The molecule has 0 spiro atoms. The highest BCUT2D eigenvalue weighted by molar-refractivity contribution is 5.74. The van der Waals surface area contributed by atoms with Crippen LogP contribution in [-0.4, -0.2) is 15.2 Å². The largest absolute Gasteiger partial charge is 0.483 e. The van der Waals surface area contributed by atoms with Crippen LogP contribution in [0.3, 0.4) is 0 Å². The van der Waals surface area contributed by atoms with E-state index >= 15 is 0 Å². The third-order valence-corrected chi connectivity index (χ3v) is 3.22. The van der Waals surface area contributed by atoms with Crippen molar-refractivity contribution in [1.82, 2.24) is 9.55 Å². The number of hydrogen-bond donors (Lipinski definition) is 0. The first-order chi connectivity index (χ1) is 10.00. The van der Waals surface area contributed by atoms with Crippen molar-refractivity contribution in [2.45, 2.75) is 19.4 Å². The molecule has 5 heteroatoms. The SMILES string of the molecule is CC1(C)C=C(n2cnccc2=O)c2cc(C#N)ccc2O1. The maximum atomic E-state index is 12.1. The standard InChI is InChI=1S/C16H13N3O2/c1-16(2)8-13(19-10-18-6-5-15(19)20)12-7-11(9-17)3-4-14(12)21-16/h3-8,10H,1-2H3. The van der Waals surface area contributed by atoms with E-state index < -0.39 is 5.60 Å². The zero-order valence-electron chi connectivity index (χ0n) is 11.7. The minimum Gasteiger partial charge on any atom is -0.483 e. The normalized spacial score (nSPS) is 15.4. The van der Waals surface area contributed by atoms with Crippen LogP contribution >= 0.6 is 0 Å². The van der Waals surface area contributed by atoms with Crippen LogP contribution in [0.1, 0.15) is 25.0 Å². The summed E-state index contributed by atoms with van der Waals surface area (Å²) < 4.78 is 7.35. The molecule has 2 aromatic rings. The molecule has 2 heterocycles. The molecule has 21 heavy (non-hydrogen) atoms. The van der Waals surface area contributed by atoms with Crippen LogP contribution in [0.15, 0.2) is 47.7 Å². The van der Waals surface area contributed by atoms with E-state index in [4.69, 9.17) is 10.00 Å². The van der Waals surface area contributed by atoms with Gasteiger partial charge in [0.2, 0.25) is 0 Å². The molecular weight excluding hydrogens is 266 g/mol. The lowest BCUT2D eigenvalue weighted by molar-refractivity contribution is 0.157. The predicted octanol–water partition coefficient (Wildman–Crippen LogP) is 2.18. The van der Waals surface area contributed by atoms with Crippen LogP contribution in [0.4, 0.5) is 0 Å². The molecule has 0 aliphatic carbocycles. The van der Waals surface area contributed by atoms with Gasteiger partial charge in [0.05, 0.1) is 17.3 Å². The molecule has 1 aliphatic rings. The molecule has 0 saturated heterocycles. The molecule has 0 fully saturated rings. The van der Waals surface area contributed by atoms with Gasteiger partial charge in [-0.15, -0.1) is 0 Å². The third-order valence-electron chi connectivity index (χ3n) is 3.22. The van der Waals surface area contributed by atoms with Gasteiger partial charge in [0.15, 0.2) is 0 Å². The summed E-state index contributed by atoms with van der Waals surface area (Å²) in [4.78, 5) is 16.1. The summed E-state index contributed by atoms with van der Waals surface area (Å²) in [5, 5.41) is 9.06. The number of benzene rings is 1. The number of aromatic nitrogens is 2. The maximum absolute atomic E-state index is 12.1. The molecule has 0 bridgehead atoms. The Kier molecular flexibility index (Phi) is 2.88. The van der Waals surface area contributed by atoms with Gasteiger partial charge in [0.1, 0.15) is 17.7 Å².